The number of hydrogen-bond acceptors (Lipinski definition) is 4. The van der Waals surface area contributed by atoms with Crippen LogP contribution >= 0.6 is 0 Å². The second-order valence-corrected chi connectivity index (χ2v) is 4.63. The number of nitrogens with two attached hydrogens (primary N) is 1. The minimum Gasteiger partial charge on any atom is -0.497 e. The third-order valence-electron chi connectivity index (χ3n) is 3.17. The molecule has 0 bridgehead atoms. The molecule has 4 heteroatoms. The van der Waals surface area contributed by atoms with Gasteiger partial charge in [0.25, 0.3) is 0 Å². The highest BCUT2D eigenvalue weighted by atomic mass is 16.5. The predicted molar refractivity (Wildman–Crippen MR) is 83.2 cm³/mol. The summed E-state index contributed by atoms with van der Waals surface area (Å²) in [5, 5.41) is 0. The van der Waals surface area contributed by atoms with Gasteiger partial charge in [-0.05, 0) is 47.9 Å². The molecule has 21 heavy (non-hydrogen) atoms. The highest BCUT2D eigenvalue weighted by Gasteiger charge is 2.11. The van der Waals surface area contributed by atoms with E-state index in [9.17, 15) is 4.79 Å². The third-order valence-corrected chi connectivity index (χ3v) is 3.17. The average molecular weight is 285 g/mol. The molecule has 2 N–H and O–H groups in total. The summed E-state index contributed by atoms with van der Waals surface area (Å²) in [6.07, 6.45) is 0.209. The maximum absolute atomic E-state index is 11.7. The number of benzene rings is 2. The first-order valence-corrected chi connectivity index (χ1v) is 6.82. The molecule has 0 aliphatic rings. The Labute approximate surface area is 124 Å². The van der Waals surface area contributed by atoms with Crippen molar-refractivity contribution in [3.8, 4) is 16.9 Å². The van der Waals surface area contributed by atoms with E-state index >= 15 is 0 Å². The molecular formula is C17H19NO3. The van der Waals surface area contributed by atoms with Gasteiger partial charge < -0.3 is 15.2 Å². The maximum atomic E-state index is 11.7. The van der Waals surface area contributed by atoms with Crippen LogP contribution in [-0.4, -0.2) is 19.7 Å². The van der Waals surface area contributed by atoms with E-state index in [1.807, 2.05) is 42.5 Å². The van der Waals surface area contributed by atoms with Crippen LogP contribution in [0, 0.1) is 0 Å². The van der Waals surface area contributed by atoms with Gasteiger partial charge >= 0.3 is 5.97 Å². The third kappa shape index (κ3) is 3.75. The van der Waals surface area contributed by atoms with Gasteiger partial charge in [0.05, 0.1) is 20.1 Å². The van der Waals surface area contributed by atoms with Crippen LogP contribution in [0.5, 0.6) is 5.75 Å². The summed E-state index contributed by atoms with van der Waals surface area (Å²) in [6.45, 7) is 2.17. The lowest BCUT2D eigenvalue weighted by molar-refractivity contribution is -0.142. The van der Waals surface area contributed by atoms with Gasteiger partial charge in [0.1, 0.15) is 5.75 Å². The molecule has 2 rings (SSSR count). The number of methoxy groups -OCH3 is 1. The number of esters is 1. The molecular weight excluding hydrogens is 266 g/mol. The Morgan fingerprint density at radius 1 is 1.14 bits per heavy atom. The fourth-order valence-electron chi connectivity index (χ4n) is 2.18. The van der Waals surface area contributed by atoms with Gasteiger partial charge in [0.15, 0.2) is 0 Å². The first-order chi connectivity index (χ1) is 10.1. The molecule has 0 unspecified atom stereocenters. The maximum Gasteiger partial charge on any atom is 0.310 e. The van der Waals surface area contributed by atoms with Gasteiger partial charge in [-0.25, -0.2) is 0 Å². The van der Waals surface area contributed by atoms with Crippen LogP contribution in [0.4, 0.5) is 5.69 Å². The zero-order valence-electron chi connectivity index (χ0n) is 12.3. The Kier molecular flexibility index (Phi) is 4.82. The molecule has 0 heterocycles. The van der Waals surface area contributed by atoms with Gasteiger partial charge in [-0.15, -0.1) is 0 Å². The summed E-state index contributed by atoms with van der Waals surface area (Å²) in [7, 11) is 1.63. The number of carbonyl (C=O) groups is 1. The van der Waals surface area contributed by atoms with Gasteiger partial charge in [0, 0.05) is 5.69 Å². The number of hydrogen-bond donors (Lipinski definition) is 1. The van der Waals surface area contributed by atoms with E-state index in [1.165, 1.54) is 0 Å². The quantitative estimate of drug-likeness (QED) is 0.677. The molecule has 4 nitrogen and oxygen atoms in total. The molecule has 0 fully saturated rings. The second-order valence-electron chi connectivity index (χ2n) is 4.63. The number of anilines is 1. The largest absolute Gasteiger partial charge is 0.497 e. The van der Waals surface area contributed by atoms with Crippen LogP contribution in [0.3, 0.4) is 0 Å². The molecule has 0 aromatic heterocycles. The van der Waals surface area contributed by atoms with E-state index in [1.54, 1.807) is 14.0 Å². The van der Waals surface area contributed by atoms with E-state index in [0.717, 1.165) is 22.4 Å². The second kappa shape index (κ2) is 6.79. The van der Waals surface area contributed by atoms with Crippen molar-refractivity contribution in [1.29, 1.82) is 0 Å². The molecule has 0 aliphatic heterocycles. The number of nitrogen functional groups attached to an aromatic ring is 1. The Morgan fingerprint density at radius 3 is 2.48 bits per heavy atom. The zero-order chi connectivity index (χ0) is 15.2. The fourth-order valence-corrected chi connectivity index (χ4v) is 2.18. The fraction of sp³-hybridized carbons (Fsp3) is 0.235. The van der Waals surface area contributed by atoms with Crippen molar-refractivity contribution in [2.45, 2.75) is 13.3 Å². The number of carbonyl (C=O) groups excluding carboxylic acids is 1. The van der Waals surface area contributed by atoms with Crippen LogP contribution in [0.1, 0.15) is 12.5 Å². The van der Waals surface area contributed by atoms with Gasteiger partial charge in [0.2, 0.25) is 0 Å². The Morgan fingerprint density at radius 2 is 1.86 bits per heavy atom. The van der Waals surface area contributed by atoms with E-state index in [-0.39, 0.29) is 12.4 Å². The molecule has 0 saturated heterocycles. The van der Waals surface area contributed by atoms with Gasteiger partial charge in [-0.2, -0.15) is 0 Å². The molecule has 2 aromatic carbocycles. The first-order valence-electron chi connectivity index (χ1n) is 6.82. The van der Waals surface area contributed by atoms with Crippen molar-refractivity contribution in [3.63, 3.8) is 0 Å². The monoisotopic (exact) mass is 285 g/mol. The van der Waals surface area contributed by atoms with Crippen molar-refractivity contribution in [3.05, 3.63) is 48.0 Å². The summed E-state index contributed by atoms with van der Waals surface area (Å²) in [5.74, 6) is 0.541. The van der Waals surface area contributed by atoms with E-state index in [4.69, 9.17) is 15.2 Å². The Hall–Kier alpha value is -2.49. The van der Waals surface area contributed by atoms with Gasteiger partial charge in [-0.1, -0.05) is 18.2 Å². The van der Waals surface area contributed by atoms with E-state index in [0.29, 0.717) is 12.3 Å². The summed E-state index contributed by atoms with van der Waals surface area (Å²) in [5.41, 5.74) is 9.30. The molecule has 0 radical (unpaired) electrons. The summed E-state index contributed by atoms with van der Waals surface area (Å²) >= 11 is 0. The van der Waals surface area contributed by atoms with Crippen molar-refractivity contribution >= 4 is 11.7 Å². The standard InChI is InChI=1S/C17H19NO3/c1-3-21-17(19)11-13-10-14(18)6-9-16(13)12-4-7-15(20-2)8-5-12/h4-10H,3,11,18H2,1-2H3. The number of rotatable bonds is 5. The summed E-state index contributed by atoms with van der Waals surface area (Å²) in [6, 6.07) is 13.3. The molecule has 0 amide bonds. The highest BCUT2D eigenvalue weighted by molar-refractivity contribution is 5.79. The van der Waals surface area contributed by atoms with E-state index in [2.05, 4.69) is 0 Å². The van der Waals surface area contributed by atoms with E-state index < -0.39 is 0 Å². The predicted octanol–water partition coefficient (Wildman–Crippen LogP) is 3.05. The highest BCUT2D eigenvalue weighted by Crippen LogP contribution is 2.28. The van der Waals surface area contributed by atoms with Crippen LogP contribution in [0.25, 0.3) is 11.1 Å². The Balaban J connectivity index is 2.35. The lowest BCUT2D eigenvalue weighted by atomic mass is 9.97. The average Bonchev–Trinajstić information content (AvgIpc) is 2.48. The van der Waals surface area contributed by atoms with Crippen LogP contribution in [-0.2, 0) is 16.0 Å². The molecule has 2 aromatic rings. The molecule has 0 spiro atoms. The zero-order valence-corrected chi connectivity index (χ0v) is 12.3. The summed E-state index contributed by atoms with van der Waals surface area (Å²) < 4.78 is 10.2. The van der Waals surface area contributed by atoms with Crippen molar-refractivity contribution in [2.75, 3.05) is 19.5 Å². The van der Waals surface area contributed by atoms with Crippen LogP contribution in [0.15, 0.2) is 42.5 Å². The molecule has 0 aliphatic carbocycles. The van der Waals surface area contributed by atoms with Crippen molar-refractivity contribution in [1.82, 2.24) is 0 Å². The topological polar surface area (TPSA) is 61.5 Å². The van der Waals surface area contributed by atoms with Crippen LogP contribution in [0.2, 0.25) is 0 Å². The minimum atomic E-state index is -0.252. The molecule has 0 saturated carbocycles. The molecule has 0 atom stereocenters. The summed E-state index contributed by atoms with van der Waals surface area (Å²) in [4.78, 5) is 11.7. The lowest BCUT2D eigenvalue weighted by Crippen LogP contribution is -2.08. The lowest BCUT2D eigenvalue weighted by Gasteiger charge is -2.11. The van der Waals surface area contributed by atoms with Gasteiger partial charge in [-0.3, -0.25) is 4.79 Å². The molecule has 110 valence electrons. The van der Waals surface area contributed by atoms with Crippen molar-refractivity contribution in [2.24, 2.45) is 0 Å². The Bertz CT molecular complexity index is 620. The number of ether oxygens (including phenoxy) is 2. The minimum absolute atomic E-state index is 0.209. The SMILES string of the molecule is CCOC(=O)Cc1cc(N)ccc1-c1ccc(OC)cc1. The normalized spacial score (nSPS) is 10.2. The first kappa shape index (κ1) is 14.9. The smallest absolute Gasteiger partial charge is 0.310 e. The van der Waals surface area contributed by atoms with Crippen molar-refractivity contribution < 1.29 is 14.3 Å². The van der Waals surface area contributed by atoms with Crippen LogP contribution < -0.4 is 10.5 Å².